The summed E-state index contributed by atoms with van der Waals surface area (Å²) in [5.74, 6) is 2.80. The average Bonchev–Trinajstić information content (AvgIpc) is 2.70. The summed E-state index contributed by atoms with van der Waals surface area (Å²) in [6.45, 7) is 22.8. The zero-order valence-electron chi connectivity index (χ0n) is 20.4. The highest BCUT2D eigenvalue weighted by Gasteiger charge is 2.31. The molecule has 0 fully saturated rings. The Balaban J connectivity index is 0.00000190. The lowest BCUT2D eigenvalue weighted by molar-refractivity contribution is 0.216. The molecule has 1 aromatic rings. The first-order valence-electron chi connectivity index (χ1n) is 11.7. The molecule has 1 aliphatic carbocycles. The predicted molar refractivity (Wildman–Crippen MR) is 128 cm³/mol. The third kappa shape index (κ3) is 5.85. The van der Waals surface area contributed by atoms with Gasteiger partial charge in [0, 0.05) is 0 Å². The minimum Gasteiger partial charge on any atom is -0.0701 e. The lowest BCUT2D eigenvalue weighted by atomic mass is 9.68. The van der Waals surface area contributed by atoms with Crippen LogP contribution < -0.4 is 0 Å². The van der Waals surface area contributed by atoms with Crippen molar-refractivity contribution in [1.82, 2.24) is 0 Å². The van der Waals surface area contributed by atoms with Crippen LogP contribution in [0.15, 0.2) is 41.0 Å². The van der Waals surface area contributed by atoms with Crippen LogP contribution >= 0.6 is 0 Å². The lowest BCUT2D eigenvalue weighted by Gasteiger charge is -2.37. The second-order valence-corrected chi connectivity index (χ2v) is 8.75. The van der Waals surface area contributed by atoms with Crippen molar-refractivity contribution in [2.75, 3.05) is 0 Å². The number of allylic oxidation sites excluding steroid dienone is 4. The van der Waals surface area contributed by atoms with E-state index in [-0.39, 0.29) is 0 Å². The number of rotatable bonds is 7. The highest BCUT2D eigenvalue weighted by Crippen LogP contribution is 2.42. The molecule has 2 unspecified atom stereocenters. The van der Waals surface area contributed by atoms with Crippen molar-refractivity contribution in [2.45, 2.75) is 101 Å². The number of aryl methyl sites for hydroxylation is 2. The van der Waals surface area contributed by atoms with Crippen molar-refractivity contribution >= 4 is 0 Å². The molecule has 4 atom stereocenters. The van der Waals surface area contributed by atoms with Crippen LogP contribution in [0.4, 0.5) is 0 Å². The summed E-state index contributed by atoms with van der Waals surface area (Å²) < 4.78 is 0. The summed E-state index contributed by atoms with van der Waals surface area (Å²) >= 11 is 0. The van der Waals surface area contributed by atoms with Gasteiger partial charge in [0.2, 0.25) is 0 Å². The van der Waals surface area contributed by atoms with Crippen LogP contribution in [0.1, 0.15) is 104 Å². The van der Waals surface area contributed by atoms with Gasteiger partial charge in [0.05, 0.1) is 0 Å². The molecule has 0 nitrogen and oxygen atoms in total. The molecule has 0 amide bonds. The van der Waals surface area contributed by atoms with E-state index < -0.39 is 0 Å². The van der Waals surface area contributed by atoms with Crippen molar-refractivity contribution in [2.24, 2.45) is 17.8 Å². The molecular weight excluding hydrogens is 336 g/mol. The molecule has 1 aliphatic rings. The maximum atomic E-state index is 2.50. The van der Waals surface area contributed by atoms with Crippen molar-refractivity contribution < 1.29 is 0 Å². The normalized spacial score (nSPS) is 18.6. The summed E-state index contributed by atoms with van der Waals surface area (Å²) in [5.41, 5.74) is 9.12. The maximum Gasteiger partial charge on any atom is -0.0159 e. The first-order chi connectivity index (χ1) is 13.3. The largest absolute Gasteiger partial charge is 0.0701 e. The quantitative estimate of drug-likeness (QED) is 0.441. The van der Waals surface area contributed by atoms with Gasteiger partial charge in [-0.05, 0) is 80.9 Å². The lowest BCUT2D eigenvalue weighted by Crippen LogP contribution is -2.27. The second-order valence-electron chi connectivity index (χ2n) is 8.75. The van der Waals surface area contributed by atoms with Gasteiger partial charge in [-0.2, -0.15) is 0 Å². The summed E-state index contributed by atoms with van der Waals surface area (Å²) in [5, 5.41) is 0. The van der Waals surface area contributed by atoms with Gasteiger partial charge in [0.1, 0.15) is 0 Å². The van der Waals surface area contributed by atoms with E-state index in [0.29, 0.717) is 11.8 Å². The molecule has 0 bridgehead atoms. The molecule has 28 heavy (non-hydrogen) atoms. The van der Waals surface area contributed by atoms with Gasteiger partial charge in [-0.3, -0.25) is 0 Å². The van der Waals surface area contributed by atoms with E-state index in [4.69, 9.17) is 0 Å². The topological polar surface area (TPSA) is 0 Å². The Hall–Kier alpha value is -1.30. The van der Waals surface area contributed by atoms with Crippen LogP contribution in [0.5, 0.6) is 0 Å². The molecule has 0 N–H and O–H groups in total. The molecule has 0 heteroatoms. The third-order valence-corrected chi connectivity index (χ3v) is 7.28. The molecule has 0 saturated carbocycles. The van der Waals surface area contributed by atoms with Crippen molar-refractivity contribution in [1.29, 1.82) is 0 Å². The zero-order chi connectivity index (χ0) is 21.4. The second kappa shape index (κ2) is 11.6. The van der Waals surface area contributed by atoms with Crippen LogP contribution in [-0.4, -0.2) is 0 Å². The van der Waals surface area contributed by atoms with E-state index in [1.165, 1.54) is 47.9 Å². The van der Waals surface area contributed by atoms with Crippen LogP contribution in [0, 0.1) is 31.6 Å². The fourth-order valence-electron chi connectivity index (χ4n) is 4.99. The molecule has 158 valence electrons. The predicted octanol–water partition coefficient (Wildman–Crippen LogP) is 9.18. The van der Waals surface area contributed by atoms with Crippen molar-refractivity contribution in [3.63, 3.8) is 0 Å². The van der Waals surface area contributed by atoms with Crippen molar-refractivity contribution in [3.8, 4) is 0 Å². The van der Waals surface area contributed by atoms with Gasteiger partial charge in [0.25, 0.3) is 0 Å². The maximum absolute atomic E-state index is 2.50. The van der Waals surface area contributed by atoms with E-state index in [1.54, 1.807) is 11.1 Å². The summed E-state index contributed by atoms with van der Waals surface area (Å²) in [6, 6.07) is 7.10. The van der Waals surface area contributed by atoms with Crippen LogP contribution in [0.2, 0.25) is 0 Å². The van der Waals surface area contributed by atoms with Crippen LogP contribution in [-0.2, 0) is 0 Å². The molecular formula is C28H46. The van der Waals surface area contributed by atoms with E-state index >= 15 is 0 Å². The fourth-order valence-corrected chi connectivity index (χ4v) is 4.99. The van der Waals surface area contributed by atoms with Gasteiger partial charge in [0.15, 0.2) is 0 Å². The van der Waals surface area contributed by atoms with E-state index in [2.05, 4.69) is 79.7 Å². The summed E-state index contributed by atoms with van der Waals surface area (Å²) in [7, 11) is 0. The molecule has 0 spiro atoms. The Labute approximate surface area is 176 Å². The van der Waals surface area contributed by atoms with Crippen molar-refractivity contribution in [3.05, 3.63) is 57.7 Å². The SMILES string of the molecule is CC.CCC(C(CC)[C@@H](C)c1ccc(C)c(C)c1)[C@H](C)C1=CC(C)=C(C)CC1. The molecule has 0 aliphatic heterocycles. The van der Waals surface area contributed by atoms with E-state index in [1.807, 2.05) is 13.8 Å². The molecule has 2 rings (SSSR count). The highest BCUT2D eigenvalue weighted by atomic mass is 14.4. The molecule has 0 radical (unpaired) electrons. The Morgan fingerprint density at radius 1 is 0.786 bits per heavy atom. The molecule has 0 aromatic heterocycles. The van der Waals surface area contributed by atoms with Gasteiger partial charge in [-0.25, -0.2) is 0 Å². The third-order valence-electron chi connectivity index (χ3n) is 7.28. The van der Waals surface area contributed by atoms with Gasteiger partial charge in [-0.1, -0.05) is 95.4 Å². The zero-order valence-corrected chi connectivity index (χ0v) is 20.4. The Morgan fingerprint density at radius 2 is 1.36 bits per heavy atom. The van der Waals surface area contributed by atoms with Crippen LogP contribution in [0.25, 0.3) is 0 Å². The van der Waals surface area contributed by atoms with E-state index in [9.17, 15) is 0 Å². The van der Waals surface area contributed by atoms with Crippen LogP contribution in [0.3, 0.4) is 0 Å². The summed E-state index contributed by atoms with van der Waals surface area (Å²) in [6.07, 6.45) is 7.54. The first-order valence-corrected chi connectivity index (χ1v) is 11.7. The van der Waals surface area contributed by atoms with Gasteiger partial charge < -0.3 is 0 Å². The summed E-state index contributed by atoms with van der Waals surface area (Å²) in [4.78, 5) is 0. The Morgan fingerprint density at radius 3 is 1.86 bits per heavy atom. The minimum atomic E-state index is 0.620. The standard InChI is InChI=1S/C26H40.C2H6/c1-9-25(21(7)23-13-11-17(3)19(5)15-23)26(10-2)22(8)24-14-12-18(4)20(6)16-24;1-2/h11,13,15-16,21-22,25-26H,9-10,12,14H2,1-8H3;1-2H3/t21-,22+,25?,26?;/m0./s1. The number of benzene rings is 1. The Bertz CT molecular complexity index is 673. The van der Waals surface area contributed by atoms with Gasteiger partial charge >= 0.3 is 0 Å². The number of hydrogen-bond acceptors (Lipinski definition) is 0. The fraction of sp³-hybridized carbons (Fsp3) is 0.643. The molecule has 1 aromatic carbocycles. The first kappa shape index (κ1) is 24.7. The van der Waals surface area contributed by atoms with Gasteiger partial charge in [-0.15, -0.1) is 0 Å². The smallest absolute Gasteiger partial charge is 0.0159 e. The Kier molecular flexibility index (Phi) is 10.3. The highest BCUT2D eigenvalue weighted by molar-refractivity contribution is 5.34. The monoisotopic (exact) mass is 382 g/mol. The molecule has 0 saturated heterocycles. The minimum absolute atomic E-state index is 0.620. The van der Waals surface area contributed by atoms with E-state index in [0.717, 1.165) is 11.8 Å². The number of hydrogen-bond donors (Lipinski definition) is 0. The molecule has 0 heterocycles. The average molecular weight is 383 g/mol.